The van der Waals surface area contributed by atoms with Gasteiger partial charge in [0.05, 0.1) is 0 Å². The Labute approximate surface area is 100 Å². The SMILES string of the molecule is C=Cc1ccc(-c2ccccn2)[c]([Ir])c1. The van der Waals surface area contributed by atoms with Gasteiger partial charge in [0, 0.05) is 0 Å². The molecule has 0 saturated heterocycles. The summed E-state index contributed by atoms with van der Waals surface area (Å²) < 4.78 is 1.23. The molecule has 0 N–H and O–H groups in total. The molecule has 1 aromatic heterocycles. The van der Waals surface area contributed by atoms with Gasteiger partial charge in [-0.25, -0.2) is 0 Å². The molecule has 0 amide bonds. The molecule has 1 nitrogen and oxygen atoms in total. The Morgan fingerprint density at radius 3 is 2.67 bits per heavy atom. The van der Waals surface area contributed by atoms with E-state index in [-0.39, 0.29) is 0 Å². The first-order valence-electron chi connectivity index (χ1n) is 4.62. The number of rotatable bonds is 2. The van der Waals surface area contributed by atoms with Crippen LogP contribution in [0, 0.1) is 0 Å². The van der Waals surface area contributed by atoms with Gasteiger partial charge in [0.2, 0.25) is 0 Å². The van der Waals surface area contributed by atoms with E-state index in [1.807, 2.05) is 30.5 Å². The molecule has 0 fully saturated rings. The minimum absolute atomic E-state index is 1.02. The van der Waals surface area contributed by atoms with Crippen LogP contribution in [-0.2, 0) is 18.9 Å². The van der Waals surface area contributed by atoms with Crippen molar-refractivity contribution in [2.75, 3.05) is 0 Å². The van der Waals surface area contributed by atoms with E-state index in [0.717, 1.165) is 11.3 Å². The van der Waals surface area contributed by atoms with Crippen molar-refractivity contribution in [3.63, 3.8) is 0 Å². The second-order valence-corrected chi connectivity index (χ2v) is 4.42. The zero-order valence-electron chi connectivity index (χ0n) is 8.11. The van der Waals surface area contributed by atoms with Gasteiger partial charge in [0.1, 0.15) is 0 Å². The van der Waals surface area contributed by atoms with Gasteiger partial charge < -0.3 is 0 Å². The third-order valence-corrected chi connectivity index (χ3v) is 3.14. The summed E-state index contributed by atoms with van der Waals surface area (Å²) in [4.78, 5) is 4.34. The van der Waals surface area contributed by atoms with Gasteiger partial charge in [0.15, 0.2) is 0 Å². The first-order valence-corrected chi connectivity index (χ1v) is 5.82. The van der Waals surface area contributed by atoms with Gasteiger partial charge in [-0.2, -0.15) is 0 Å². The number of nitrogens with zero attached hydrogens (tertiary/aromatic N) is 1. The molecule has 2 heteroatoms. The van der Waals surface area contributed by atoms with E-state index >= 15 is 0 Å². The van der Waals surface area contributed by atoms with Gasteiger partial charge in [0.25, 0.3) is 0 Å². The van der Waals surface area contributed by atoms with E-state index in [1.54, 1.807) is 0 Å². The van der Waals surface area contributed by atoms with E-state index in [4.69, 9.17) is 0 Å². The molecular formula is C13H10IrN. The van der Waals surface area contributed by atoms with Crippen molar-refractivity contribution in [3.05, 3.63) is 54.7 Å². The average molecular weight is 372 g/mol. The number of hydrogen-bond donors (Lipinski definition) is 0. The Bertz CT molecular complexity index is 477. The summed E-state index contributed by atoms with van der Waals surface area (Å²) in [5.41, 5.74) is 3.35. The average Bonchev–Trinajstić information content (AvgIpc) is 2.30. The fourth-order valence-electron chi connectivity index (χ4n) is 1.37. The molecule has 0 radical (unpaired) electrons. The van der Waals surface area contributed by atoms with Crippen LogP contribution in [0.25, 0.3) is 17.3 Å². The van der Waals surface area contributed by atoms with E-state index < -0.39 is 0 Å². The van der Waals surface area contributed by atoms with E-state index in [9.17, 15) is 0 Å². The molecule has 0 aliphatic heterocycles. The number of aromatic nitrogens is 1. The molecule has 0 saturated carbocycles. The van der Waals surface area contributed by atoms with Crippen LogP contribution in [0.5, 0.6) is 0 Å². The molecule has 2 rings (SSSR count). The molecule has 2 aromatic rings. The third-order valence-electron chi connectivity index (χ3n) is 2.15. The topological polar surface area (TPSA) is 12.9 Å². The second kappa shape index (κ2) is 4.52. The van der Waals surface area contributed by atoms with Crippen molar-refractivity contribution in [3.8, 4) is 11.3 Å². The summed E-state index contributed by atoms with van der Waals surface area (Å²) in [5.74, 6) is 0. The van der Waals surface area contributed by atoms with Gasteiger partial charge in [-0.3, -0.25) is 0 Å². The fourth-order valence-corrected chi connectivity index (χ4v) is 2.28. The maximum absolute atomic E-state index is 4.34. The van der Waals surface area contributed by atoms with Crippen molar-refractivity contribution in [1.29, 1.82) is 0 Å². The predicted molar refractivity (Wildman–Crippen MR) is 59.4 cm³/mol. The summed E-state index contributed by atoms with van der Waals surface area (Å²) in [6.07, 6.45) is 3.67. The first-order chi connectivity index (χ1) is 7.31. The van der Waals surface area contributed by atoms with Gasteiger partial charge >= 0.3 is 100 Å². The normalized spacial score (nSPS) is 10.0. The van der Waals surface area contributed by atoms with Crippen LogP contribution in [0.3, 0.4) is 0 Å². The zero-order valence-corrected chi connectivity index (χ0v) is 10.5. The number of hydrogen-bond acceptors (Lipinski definition) is 1. The van der Waals surface area contributed by atoms with Crippen molar-refractivity contribution in [2.45, 2.75) is 0 Å². The summed E-state index contributed by atoms with van der Waals surface area (Å²) in [6.45, 7) is 3.76. The van der Waals surface area contributed by atoms with E-state index in [2.05, 4.69) is 48.7 Å². The monoisotopic (exact) mass is 373 g/mol. The molecule has 15 heavy (non-hydrogen) atoms. The summed E-state index contributed by atoms with van der Waals surface area (Å²) in [7, 11) is 0. The van der Waals surface area contributed by atoms with Crippen LogP contribution in [0.2, 0.25) is 0 Å². The maximum atomic E-state index is 4.34. The second-order valence-electron chi connectivity index (χ2n) is 3.13. The molecule has 1 heterocycles. The van der Waals surface area contributed by atoms with Crippen LogP contribution in [0.1, 0.15) is 5.56 Å². The molecule has 0 atom stereocenters. The molecule has 1 aromatic carbocycles. The Morgan fingerprint density at radius 1 is 1.20 bits per heavy atom. The summed E-state index contributed by atoms with van der Waals surface area (Å²) in [5, 5.41) is 0. The van der Waals surface area contributed by atoms with Crippen LogP contribution in [-0.4, -0.2) is 4.98 Å². The molecule has 0 aliphatic rings. The Balaban J connectivity index is 2.51. The van der Waals surface area contributed by atoms with Gasteiger partial charge in [-0.15, -0.1) is 0 Å². The zero-order chi connectivity index (χ0) is 10.7. The molecule has 0 bridgehead atoms. The van der Waals surface area contributed by atoms with Crippen molar-refractivity contribution in [1.82, 2.24) is 4.98 Å². The first kappa shape index (κ1) is 10.3. The van der Waals surface area contributed by atoms with Crippen LogP contribution in [0.4, 0.5) is 0 Å². The van der Waals surface area contributed by atoms with Crippen molar-refractivity contribution < 1.29 is 18.9 Å². The van der Waals surface area contributed by atoms with Crippen LogP contribution in [0.15, 0.2) is 49.2 Å². The van der Waals surface area contributed by atoms with Gasteiger partial charge in [-0.05, 0) is 0 Å². The minimum atomic E-state index is 1.02. The molecule has 76 valence electrons. The molecular weight excluding hydrogens is 362 g/mol. The summed E-state index contributed by atoms with van der Waals surface area (Å²) in [6, 6.07) is 12.2. The Morgan fingerprint density at radius 2 is 2.07 bits per heavy atom. The molecule has 0 spiro atoms. The number of pyridine rings is 1. The standard InChI is InChI=1S/C13H10N.Ir/c1-2-11-6-8-12(9-7-11)13-5-3-4-10-14-13;/h2-8,10H,1H2;. The summed E-state index contributed by atoms with van der Waals surface area (Å²) >= 11 is 2.09. The van der Waals surface area contributed by atoms with Gasteiger partial charge in [-0.1, -0.05) is 0 Å². The van der Waals surface area contributed by atoms with E-state index in [0.29, 0.717) is 0 Å². The van der Waals surface area contributed by atoms with Crippen molar-refractivity contribution >= 4 is 10.2 Å². The van der Waals surface area contributed by atoms with Crippen molar-refractivity contribution in [2.24, 2.45) is 0 Å². The predicted octanol–water partition coefficient (Wildman–Crippen LogP) is 2.56. The quantitative estimate of drug-likeness (QED) is 0.790. The Kier molecular flexibility index (Phi) is 3.10. The molecule has 0 unspecified atom stereocenters. The molecule has 0 aliphatic carbocycles. The Hall–Kier alpha value is -1.24. The van der Waals surface area contributed by atoms with Crippen LogP contribution < -0.4 is 4.08 Å². The third kappa shape index (κ3) is 2.23. The van der Waals surface area contributed by atoms with Crippen LogP contribution >= 0.6 is 0 Å². The number of benzene rings is 1. The van der Waals surface area contributed by atoms with E-state index in [1.165, 1.54) is 9.64 Å². The fraction of sp³-hybridized carbons (Fsp3) is 0.